The lowest BCUT2D eigenvalue weighted by Gasteiger charge is -1.91. The van der Waals surface area contributed by atoms with E-state index in [1.165, 1.54) is 0 Å². The number of aromatic nitrogens is 2. The minimum Gasteiger partial charge on any atom is -0.457 e. The monoisotopic (exact) mass is 241 g/mol. The molecule has 0 aromatic carbocycles. The van der Waals surface area contributed by atoms with Gasteiger partial charge in [0.15, 0.2) is 4.67 Å². The van der Waals surface area contributed by atoms with Crippen LogP contribution in [0.3, 0.4) is 0 Å². The Morgan fingerprint density at radius 3 is 2.85 bits per heavy atom. The normalized spacial score (nSPS) is 10.6. The van der Waals surface area contributed by atoms with Crippen molar-refractivity contribution in [1.29, 1.82) is 0 Å². The van der Waals surface area contributed by atoms with Crippen molar-refractivity contribution in [2.75, 3.05) is 5.73 Å². The third-order valence-corrected chi connectivity index (χ3v) is 2.32. The highest BCUT2D eigenvalue weighted by Crippen LogP contribution is 2.27. The minimum absolute atomic E-state index is 0.521. The van der Waals surface area contributed by atoms with Crippen LogP contribution in [0.15, 0.2) is 21.4 Å². The number of furan rings is 1. The molecule has 2 rings (SSSR count). The Bertz CT molecular complexity index is 432. The third-order valence-electron chi connectivity index (χ3n) is 1.90. The van der Waals surface area contributed by atoms with E-state index in [2.05, 4.69) is 26.1 Å². The van der Waals surface area contributed by atoms with E-state index in [0.29, 0.717) is 10.5 Å². The number of nitrogens with one attached hydrogen (secondary N) is 1. The number of rotatable bonds is 1. The summed E-state index contributed by atoms with van der Waals surface area (Å²) >= 11 is 3.23. The zero-order valence-electron chi connectivity index (χ0n) is 6.97. The van der Waals surface area contributed by atoms with Crippen LogP contribution in [0.25, 0.3) is 11.3 Å². The van der Waals surface area contributed by atoms with Crippen molar-refractivity contribution in [3.8, 4) is 11.3 Å². The van der Waals surface area contributed by atoms with Crippen LogP contribution >= 0.6 is 15.9 Å². The van der Waals surface area contributed by atoms with Gasteiger partial charge in [0.2, 0.25) is 0 Å². The summed E-state index contributed by atoms with van der Waals surface area (Å²) in [5.74, 6) is 0.521. The quantitative estimate of drug-likeness (QED) is 0.806. The predicted octanol–water partition coefficient (Wildman–Crippen LogP) is 2.32. The van der Waals surface area contributed by atoms with Crippen LogP contribution in [0.2, 0.25) is 0 Å². The lowest BCUT2D eigenvalue weighted by atomic mass is 10.1. The van der Waals surface area contributed by atoms with Crippen molar-refractivity contribution in [2.24, 2.45) is 0 Å². The van der Waals surface area contributed by atoms with Gasteiger partial charge in [-0.2, -0.15) is 5.10 Å². The van der Waals surface area contributed by atoms with E-state index in [-0.39, 0.29) is 0 Å². The van der Waals surface area contributed by atoms with E-state index in [4.69, 9.17) is 10.2 Å². The average molecular weight is 242 g/mol. The minimum atomic E-state index is 0.521. The van der Waals surface area contributed by atoms with Crippen molar-refractivity contribution >= 4 is 21.7 Å². The summed E-state index contributed by atoms with van der Waals surface area (Å²) in [5.41, 5.74) is 8.37. The van der Waals surface area contributed by atoms with E-state index in [1.807, 2.05) is 13.0 Å². The third kappa shape index (κ3) is 1.35. The van der Waals surface area contributed by atoms with Gasteiger partial charge in [0.1, 0.15) is 12.1 Å². The van der Waals surface area contributed by atoms with Crippen molar-refractivity contribution in [3.05, 3.63) is 22.6 Å². The van der Waals surface area contributed by atoms with Gasteiger partial charge in [0.25, 0.3) is 0 Å². The first kappa shape index (κ1) is 8.37. The molecule has 0 fully saturated rings. The molecule has 0 aliphatic rings. The largest absolute Gasteiger partial charge is 0.457 e. The maximum atomic E-state index is 5.60. The molecule has 0 atom stereocenters. The highest BCUT2D eigenvalue weighted by molar-refractivity contribution is 9.10. The number of nitrogen functional groups attached to an aromatic ring is 1. The van der Waals surface area contributed by atoms with Gasteiger partial charge in [-0.25, -0.2) is 0 Å². The molecule has 4 nitrogen and oxygen atoms in total. The van der Waals surface area contributed by atoms with Crippen molar-refractivity contribution in [1.82, 2.24) is 10.2 Å². The molecule has 0 saturated heterocycles. The highest BCUT2D eigenvalue weighted by atomic mass is 79.9. The molecule has 13 heavy (non-hydrogen) atoms. The predicted molar refractivity (Wildman–Crippen MR) is 53.1 cm³/mol. The van der Waals surface area contributed by atoms with Crippen LogP contribution < -0.4 is 5.73 Å². The number of nitrogens with zero attached hydrogens (tertiary/aromatic N) is 1. The highest BCUT2D eigenvalue weighted by Gasteiger charge is 2.10. The second-order valence-corrected chi connectivity index (χ2v) is 3.53. The average Bonchev–Trinajstić information content (AvgIpc) is 2.62. The number of halogens is 1. The van der Waals surface area contributed by atoms with E-state index in [1.54, 1.807) is 6.26 Å². The molecule has 2 aromatic heterocycles. The molecule has 0 unspecified atom stereocenters. The van der Waals surface area contributed by atoms with Crippen molar-refractivity contribution in [3.63, 3.8) is 0 Å². The fourth-order valence-electron chi connectivity index (χ4n) is 1.13. The number of aromatic amines is 1. The molecule has 5 heteroatoms. The fraction of sp³-hybridized carbons (Fsp3) is 0.125. The number of hydrogen-bond acceptors (Lipinski definition) is 3. The number of hydrogen-bond donors (Lipinski definition) is 2. The number of anilines is 1. The van der Waals surface area contributed by atoms with Crippen molar-refractivity contribution in [2.45, 2.75) is 6.92 Å². The zero-order chi connectivity index (χ0) is 9.42. The standard InChI is InChI=1S/C8H8BrN3O/c1-4-7(11-12-8(4)10)5-2-6(9)13-3-5/h2-3H,1H3,(H3,10,11,12). The number of H-pyrrole nitrogens is 1. The van der Waals surface area contributed by atoms with Crippen LogP contribution in [-0.2, 0) is 0 Å². The van der Waals surface area contributed by atoms with Gasteiger partial charge >= 0.3 is 0 Å². The second-order valence-electron chi connectivity index (χ2n) is 2.75. The molecule has 0 aliphatic carbocycles. The van der Waals surface area contributed by atoms with E-state index in [9.17, 15) is 0 Å². The Labute approximate surface area is 83.3 Å². The smallest absolute Gasteiger partial charge is 0.169 e. The first-order valence-corrected chi connectivity index (χ1v) is 4.52. The molecule has 0 amide bonds. The van der Waals surface area contributed by atoms with Gasteiger partial charge in [-0.1, -0.05) is 0 Å². The van der Waals surface area contributed by atoms with Gasteiger partial charge in [-0.3, -0.25) is 5.10 Å². The van der Waals surface area contributed by atoms with Gasteiger partial charge in [0, 0.05) is 17.2 Å². The molecule has 3 N–H and O–H groups in total. The lowest BCUT2D eigenvalue weighted by molar-refractivity contribution is 0.542. The van der Waals surface area contributed by atoms with Crippen LogP contribution in [0.1, 0.15) is 5.56 Å². The second kappa shape index (κ2) is 2.92. The first-order valence-electron chi connectivity index (χ1n) is 3.73. The first-order chi connectivity index (χ1) is 6.18. The topological polar surface area (TPSA) is 67.8 Å². The van der Waals surface area contributed by atoms with E-state index >= 15 is 0 Å². The summed E-state index contributed by atoms with van der Waals surface area (Å²) in [7, 11) is 0. The molecule has 2 heterocycles. The Morgan fingerprint density at radius 2 is 2.38 bits per heavy atom. The van der Waals surface area contributed by atoms with E-state index < -0.39 is 0 Å². The molecule has 0 saturated carbocycles. The zero-order valence-corrected chi connectivity index (χ0v) is 8.55. The number of nitrogens with two attached hydrogens (primary N) is 1. The summed E-state index contributed by atoms with van der Waals surface area (Å²) in [4.78, 5) is 0. The summed E-state index contributed by atoms with van der Waals surface area (Å²) in [6.07, 6.45) is 1.64. The van der Waals surface area contributed by atoms with Crippen LogP contribution in [-0.4, -0.2) is 10.2 Å². The van der Waals surface area contributed by atoms with Crippen molar-refractivity contribution < 1.29 is 4.42 Å². The van der Waals surface area contributed by atoms with Gasteiger partial charge in [0.05, 0.1) is 5.69 Å². The molecular weight excluding hydrogens is 234 g/mol. The molecule has 2 aromatic rings. The Hall–Kier alpha value is -1.23. The summed E-state index contributed by atoms with van der Waals surface area (Å²) in [6, 6.07) is 1.86. The fourth-order valence-corrected chi connectivity index (χ4v) is 1.47. The van der Waals surface area contributed by atoms with Crippen LogP contribution in [0, 0.1) is 6.92 Å². The summed E-state index contributed by atoms with van der Waals surface area (Å²) in [6.45, 7) is 1.91. The molecule has 0 aliphatic heterocycles. The summed E-state index contributed by atoms with van der Waals surface area (Å²) < 4.78 is 5.80. The Kier molecular flexibility index (Phi) is 1.88. The maximum Gasteiger partial charge on any atom is 0.169 e. The van der Waals surface area contributed by atoms with Crippen LogP contribution in [0.5, 0.6) is 0 Å². The Morgan fingerprint density at radius 1 is 1.62 bits per heavy atom. The van der Waals surface area contributed by atoms with E-state index in [0.717, 1.165) is 16.8 Å². The molecule has 0 spiro atoms. The Balaban J connectivity index is 2.52. The van der Waals surface area contributed by atoms with Gasteiger partial charge in [-0.15, -0.1) is 0 Å². The molecule has 0 bridgehead atoms. The molecular formula is C8H8BrN3O. The van der Waals surface area contributed by atoms with Crippen LogP contribution in [0.4, 0.5) is 5.82 Å². The molecule has 0 radical (unpaired) electrons. The van der Waals surface area contributed by atoms with Gasteiger partial charge in [-0.05, 0) is 22.9 Å². The molecule has 68 valence electrons. The maximum absolute atomic E-state index is 5.60. The van der Waals surface area contributed by atoms with Gasteiger partial charge < -0.3 is 10.2 Å². The lowest BCUT2D eigenvalue weighted by Crippen LogP contribution is -1.85. The SMILES string of the molecule is Cc1c(N)n[nH]c1-c1coc(Br)c1. The summed E-state index contributed by atoms with van der Waals surface area (Å²) in [5, 5.41) is 6.75.